The summed E-state index contributed by atoms with van der Waals surface area (Å²) in [5.41, 5.74) is 0. The summed E-state index contributed by atoms with van der Waals surface area (Å²) in [4.78, 5) is 33.7. The van der Waals surface area contributed by atoms with Crippen molar-refractivity contribution in [3.8, 4) is 0 Å². The van der Waals surface area contributed by atoms with Gasteiger partial charge in [-0.3, -0.25) is 14.5 Å². The van der Waals surface area contributed by atoms with Crippen molar-refractivity contribution in [2.45, 2.75) is 51.1 Å². The number of rotatable bonds is 6. The zero-order chi connectivity index (χ0) is 16.8. The third kappa shape index (κ3) is 4.56. The summed E-state index contributed by atoms with van der Waals surface area (Å²) in [6, 6.07) is -0.350. The molecule has 0 bridgehead atoms. The Kier molecular flexibility index (Phi) is 5.85. The van der Waals surface area contributed by atoms with E-state index in [9.17, 15) is 9.59 Å². The van der Waals surface area contributed by atoms with Crippen LogP contribution in [0.4, 0.5) is 0 Å². The number of hydrogen-bond donors (Lipinski definition) is 3. The second-order valence-corrected chi connectivity index (χ2v) is 6.82. The minimum atomic E-state index is -0.350. The average molecular weight is 333 g/mol. The normalized spacial score (nSPS) is 23.0. The standard InChI is InChI=1S/C17H27N5O2/c23-16(21-11-15-18-6-7-19-15)10-14-17(24)20-8-9-22(14)12-13-4-2-1-3-5-13/h6-7,13-14H,1-5,8-12H2,(H,18,19)(H,20,24)(H,21,23)/t14-/m1/s1. The molecule has 1 saturated heterocycles. The Morgan fingerprint density at radius 1 is 1.33 bits per heavy atom. The van der Waals surface area contributed by atoms with Crippen LogP contribution in [0.1, 0.15) is 44.3 Å². The molecule has 1 aliphatic carbocycles. The first-order valence-electron chi connectivity index (χ1n) is 8.99. The molecule has 7 heteroatoms. The minimum Gasteiger partial charge on any atom is -0.353 e. The Bertz CT molecular complexity index is 539. The van der Waals surface area contributed by atoms with Gasteiger partial charge in [0.1, 0.15) is 5.82 Å². The highest BCUT2D eigenvalue weighted by atomic mass is 16.2. The molecular formula is C17H27N5O2. The van der Waals surface area contributed by atoms with Crippen LogP contribution in [0.3, 0.4) is 0 Å². The molecule has 3 N–H and O–H groups in total. The Morgan fingerprint density at radius 2 is 2.17 bits per heavy atom. The first kappa shape index (κ1) is 17.0. The summed E-state index contributed by atoms with van der Waals surface area (Å²) in [5.74, 6) is 1.25. The summed E-state index contributed by atoms with van der Waals surface area (Å²) >= 11 is 0. The minimum absolute atomic E-state index is 0.0230. The van der Waals surface area contributed by atoms with Crippen LogP contribution >= 0.6 is 0 Å². The molecule has 1 aliphatic heterocycles. The van der Waals surface area contributed by atoms with Crippen molar-refractivity contribution >= 4 is 11.8 Å². The maximum atomic E-state index is 12.3. The van der Waals surface area contributed by atoms with Crippen LogP contribution in [0, 0.1) is 5.92 Å². The number of nitrogens with one attached hydrogen (secondary N) is 3. The van der Waals surface area contributed by atoms with Gasteiger partial charge in [-0.25, -0.2) is 4.98 Å². The van der Waals surface area contributed by atoms with Crippen molar-refractivity contribution in [3.05, 3.63) is 18.2 Å². The number of H-pyrrole nitrogens is 1. The van der Waals surface area contributed by atoms with Crippen molar-refractivity contribution in [2.24, 2.45) is 5.92 Å². The molecule has 1 aromatic heterocycles. The van der Waals surface area contributed by atoms with Gasteiger partial charge in [-0.15, -0.1) is 0 Å². The summed E-state index contributed by atoms with van der Waals surface area (Å²) in [6.45, 7) is 2.81. The number of piperazine rings is 1. The molecule has 132 valence electrons. The number of aromatic amines is 1. The van der Waals surface area contributed by atoms with Crippen LogP contribution in [0.15, 0.2) is 12.4 Å². The van der Waals surface area contributed by atoms with Crippen LogP contribution in [-0.4, -0.2) is 52.4 Å². The number of imidazole rings is 1. The largest absolute Gasteiger partial charge is 0.353 e. The van der Waals surface area contributed by atoms with E-state index < -0.39 is 0 Å². The van der Waals surface area contributed by atoms with Crippen molar-refractivity contribution < 1.29 is 9.59 Å². The fourth-order valence-electron chi connectivity index (χ4n) is 3.73. The lowest BCUT2D eigenvalue weighted by atomic mass is 9.88. The van der Waals surface area contributed by atoms with Gasteiger partial charge in [-0.05, 0) is 18.8 Å². The first-order chi connectivity index (χ1) is 11.7. The van der Waals surface area contributed by atoms with Crippen LogP contribution in [-0.2, 0) is 16.1 Å². The van der Waals surface area contributed by atoms with Gasteiger partial charge < -0.3 is 15.6 Å². The molecule has 24 heavy (non-hydrogen) atoms. The van der Waals surface area contributed by atoms with Crippen molar-refractivity contribution in [3.63, 3.8) is 0 Å². The molecule has 0 radical (unpaired) electrons. The number of nitrogens with zero attached hydrogens (tertiary/aromatic N) is 2. The van der Waals surface area contributed by atoms with E-state index in [2.05, 4.69) is 25.5 Å². The highest BCUT2D eigenvalue weighted by Crippen LogP contribution is 2.25. The summed E-state index contributed by atoms with van der Waals surface area (Å²) in [7, 11) is 0. The summed E-state index contributed by atoms with van der Waals surface area (Å²) in [5, 5.41) is 5.73. The molecule has 1 aromatic rings. The van der Waals surface area contributed by atoms with Gasteiger partial charge in [-0.2, -0.15) is 0 Å². The van der Waals surface area contributed by atoms with Crippen LogP contribution < -0.4 is 10.6 Å². The Labute approximate surface area is 142 Å². The van der Waals surface area contributed by atoms with Gasteiger partial charge in [0.25, 0.3) is 0 Å². The monoisotopic (exact) mass is 333 g/mol. The molecule has 2 fully saturated rings. The van der Waals surface area contributed by atoms with E-state index >= 15 is 0 Å². The zero-order valence-electron chi connectivity index (χ0n) is 14.1. The van der Waals surface area contributed by atoms with Crippen LogP contribution in [0.2, 0.25) is 0 Å². The maximum Gasteiger partial charge on any atom is 0.237 e. The smallest absolute Gasteiger partial charge is 0.237 e. The lowest BCUT2D eigenvalue weighted by Crippen LogP contribution is -2.57. The molecule has 0 aromatic carbocycles. The number of carbonyl (C=O) groups excluding carboxylic acids is 2. The first-order valence-corrected chi connectivity index (χ1v) is 8.99. The Morgan fingerprint density at radius 3 is 2.92 bits per heavy atom. The van der Waals surface area contributed by atoms with E-state index in [1.807, 2.05) is 0 Å². The highest BCUT2D eigenvalue weighted by molar-refractivity contribution is 5.88. The number of carbonyl (C=O) groups is 2. The van der Waals surface area contributed by atoms with Crippen molar-refractivity contribution in [2.75, 3.05) is 19.6 Å². The topological polar surface area (TPSA) is 90.1 Å². The molecule has 1 atom stereocenters. The van der Waals surface area contributed by atoms with E-state index in [-0.39, 0.29) is 24.3 Å². The molecular weight excluding hydrogens is 306 g/mol. The maximum absolute atomic E-state index is 12.3. The van der Waals surface area contributed by atoms with E-state index in [1.165, 1.54) is 32.1 Å². The van der Waals surface area contributed by atoms with Crippen LogP contribution in [0.25, 0.3) is 0 Å². The van der Waals surface area contributed by atoms with Gasteiger partial charge in [0, 0.05) is 32.0 Å². The van der Waals surface area contributed by atoms with E-state index in [4.69, 9.17) is 0 Å². The average Bonchev–Trinajstić information content (AvgIpc) is 3.11. The van der Waals surface area contributed by atoms with Gasteiger partial charge >= 0.3 is 0 Å². The lowest BCUT2D eigenvalue weighted by Gasteiger charge is -2.37. The number of amides is 2. The van der Waals surface area contributed by atoms with Gasteiger partial charge in [0.05, 0.1) is 19.0 Å². The molecule has 2 aliphatic rings. The Hall–Kier alpha value is -1.89. The Balaban J connectivity index is 1.52. The lowest BCUT2D eigenvalue weighted by molar-refractivity contribution is -0.134. The van der Waals surface area contributed by atoms with Gasteiger partial charge in [-0.1, -0.05) is 19.3 Å². The zero-order valence-corrected chi connectivity index (χ0v) is 14.1. The SMILES string of the molecule is O=C(C[C@@H]1C(=O)NCCN1CC1CCCCC1)NCc1ncc[nH]1. The fraction of sp³-hybridized carbons (Fsp3) is 0.706. The third-order valence-corrected chi connectivity index (χ3v) is 5.05. The van der Waals surface area contributed by atoms with Crippen molar-refractivity contribution in [1.29, 1.82) is 0 Å². The second kappa shape index (κ2) is 8.28. The molecule has 7 nitrogen and oxygen atoms in total. The van der Waals surface area contributed by atoms with E-state index in [1.54, 1.807) is 12.4 Å². The molecule has 0 unspecified atom stereocenters. The molecule has 0 spiro atoms. The second-order valence-electron chi connectivity index (χ2n) is 6.82. The summed E-state index contributed by atoms with van der Waals surface area (Å²) in [6.07, 6.45) is 9.99. The number of aromatic nitrogens is 2. The molecule has 2 amide bonds. The fourth-order valence-corrected chi connectivity index (χ4v) is 3.73. The molecule has 2 heterocycles. The van der Waals surface area contributed by atoms with E-state index in [0.29, 0.717) is 19.0 Å². The van der Waals surface area contributed by atoms with Gasteiger partial charge in [0.15, 0.2) is 0 Å². The number of hydrogen-bond acceptors (Lipinski definition) is 4. The molecule has 1 saturated carbocycles. The molecule has 3 rings (SSSR count). The predicted molar refractivity (Wildman–Crippen MR) is 90.0 cm³/mol. The third-order valence-electron chi connectivity index (χ3n) is 5.05. The van der Waals surface area contributed by atoms with E-state index in [0.717, 1.165) is 18.9 Å². The predicted octanol–water partition coefficient (Wildman–Crippen LogP) is 0.797. The summed E-state index contributed by atoms with van der Waals surface area (Å²) < 4.78 is 0. The van der Waals surface area contributed by atoms with Gasteiger partial charge in [0.2, 0.25) is 11.8 Å². The quantitative estimate of drug-likeness (QED) is 0.718. The van der Waals surface area contributed by atoms with Crippen LogP contribution in [0.5, 0.6) is 0 Å². The van der Waals surface area contributed by atoms with Crippen molar-refractivity contribution in [1.82, 2.24) is 25.5 Å². The highest BCUT2D eigenvalue weighted by Gasteiger charge is 2.33.